The van der Waals surface area contributed by atoms with E-state index in [0.717, 1.165) is 5.52 Å². The van der Waals surface area contributed by atoms with Gasteiger partial charge in [0.15, 0.2) is 17.8 Å². The molecule has 0 saturated heterocycles. The molecule has 4 nitrogen and oxygen atoms in total. The Balaban J connectivity index is 2.88. The van der Waals surface area contributed by atoms with Crippen molar-refractivity contribution in [3.05, 3.63) is 12.6 Å². The molecule has 4 heteroatoms. The Labute approximate surface area is 56.6 Å². The van der Waals surface area contributed by atoms with Gasteiger partial charge in [0, 0.05) is 6.20 Å². The van der Waals surface area contributed by atoms with Gasteiger partial charge in [-0.2, -0.15) is 0 Å². The monoisotopic (exact) mass is 135 g/mol. The lowest BCUT2D eigenvalue weighted by Gasteiger charge is -1.79. The minimum atomic E-state index is 0.632. The minimum absolute atomic E-state index is 0.632. The van der Waals surface area contributed by atoms with Gasteiger partial charge in [0.2, 0.25) is 0 Å². The van der Waals surface area contributed by atoms with Crippen molar-refractivity contribution in [2.24, 2.45) is 4.99 Å². The third-order valence-corrected chi connectivity index (χ3v) is 1.31. The summed E-state index contributed by atoms with van der Waals surface area (Å²) in [5, 5.41) is 0. The Morgan fingerprint density at radius 1 is 1.70 bits per heavy atom. The zero-order valence-electron chi connectivity index (χ0n) is 5.16. The van der Waals surface area contributed by atoms with E-state index in [2.05, 4.69) is 21.7 Å². The number of aromatic amines is 1. The van der Waals surface area contributed by atoms with Crippen LogP contribution in [0.5, 0.6) is 0 Å². The highest BCUT2D eigenvalue weighted by atomic mass is 16.3. The molecule has 2 rings (SSSR count). The van der Waals surface area contributed by atoms with E-state index >= 15 is 0 Å². The molecule has 2 aromatic rings. The number of rotatable bonds is 1. The molecular weight excluding hydrogens is 130 g/mol. The van der Waals surface area contributed by atoms with Crippen molar-refractivity contribution in [2.45, 2.75) is 0 Å². The first kappa shape index (κ1) is 5.22. The number of nitrogens with zero attached hydrogens (tertiary/aromatic N) is 2. The van der Waals surface area contributed by atoms with Gasteiger partial charge in [0.05, 0.1) is 0 Å². The van der Waals surface area contributed by atoms with Gasteiger partial charge in [0.1, 0.15) is 5.52 Å². The Bertz CT molecular complexity index is 360. The Morgan fingerprint density at radius 3 is 3.40 bits per heavy atom. The fourth-order valence-corrected chi connectivity index (χ4v) is 0.854. The lowest BCUT2D eigenvalue weighted by molar-refractivity contribution is 0.602. The second-order valence-electron chi connectivity index (χ2n) is 1.86. The molecule has 0 fully saturated rings. The van der Waals surface area contributed by atoms with Gasteiger partial charge in [-0.1, -0.05) is 0 Å². The van der Waals surface area contributed by atoms with Gasteiger partial charge in [0.25, 0.3) is 0 Å². The summed E-state index contributed by atoms with van der Waals surface area (Å²) in [4.78, 5) is 10.5. The number of aromatic nitrogens is 2. The first-order valence-corrected chi connectivity index (χ1v) is 2.79. The molecule has 0 spiro atoms. The van der Waals surface area contributed by atoms with E-state index in [4.69, 9.17) is 4.42 Å². The summed E-state index contributed by atoms with van der Waals surface area (Å²) in [6.07, 6.45) is 3.11. The maximum absolute atomic E-state index is 5.00. The first-order valence-electron chi connectivity index (χ1n) is 2.79. The van der Waals surface area contributed by atoms with Gasteiger partial charge >= 0.3 is 0 Å². The summed E-state index contributed by atoms with van der Waals surface area (Å²) in [6, 6.07) is 0. The van der Waals surface area contributed by atoms with Crippen molar-refractivity contribution in [1.29, 1.82) is 0 Å². The van der Waals surface area contributed by atoms with Gasteiger partial charge in [-0.15, -0.1) is 0 Å². The van der Waals surface area contributed by atoms with Crippen LogP contribution in [0.3, 0.4) is 0 Å². The highest BCUT2D eigenvalue weighted by molar-refractivity contribution is 5.83. The van der Waals surface area contributed by atoms with Crippen LogP contribution in [-0.4, -0.2) is 16.7 Å². The average molecular weight is 135 g/mol. The summed E-state index contributed by atoms with van der Waals surface area (Å²) in [6.45, 7) is 3.36. The molecule has 0 saturated carbocycles. The van der Waals surface area contributed by atoms with Crippen LogP contribution < -0.4 is 0 Å². The summed E-state index contributed by atoms with van der Waals surface area (Å²) in [5.74, 6) is 0.632. The van der Waals surface area contributed by atoms with Crippen LogP contribution in [-0.2, 0) is 0 Å². The van der Waals surface area contributed by atoms with E-state index in [0.29, 0.717) is 11.4 Å². The highest BCUT2D eigenvalue weighted by Crippen LogP contribution is 2.22. The topological polar surface area (TPSA) is 54.2 Å². The second kappa shape index (κ2) is 1.70. The average Bonchev–Trinajstić information content (AvgIpc) is 2.44. The molecule has 2 aromatic heterocycles. The number of H-pyrrole nitrogens is 1. The SMILES string of the molecule is C=Nc1[nH]cc2ncoc12. The molecule has 0 aliphatic carbocycles. The molecule has 0 radical (unpaired) electrons. The number of oxazole rings is 1. The van der Waals surface area contributed by atoms with Crippen molar-refractivity contribution in [2.75, 3.05) is 0 Å². The smallest absolute Gasteiger partial charge is 0.198 e. The lowest BCUT2D eigenvalue weighted by Crippen LogP contribution is -1.57. The van der Waals surface area contributed by atoms with Crippen LogP contribution in [0.4, 0.5) is 5.82 Å². The van der Waals surface area contributed by atoms with Crippen molar-refractivity contribution in [3.63, 3.8) is 0 Å². The quantitative estimate of drug-likeness (QED) is 0.602. The number of aliphatic imine (C=N–C) groups is 1. The molecule has 0 aliphatic rings. The maximum Gasteiger partial charge on any atom is 0.198 e. The molecule has 1 N–H and O–H groups in total. The van der Waals surface area contributed by atoms with Gasteiger partial charge in [-0.25, -0.2) is 9.98 Å². The fourth-order valence-electron chi connectivity index (χ4n) is 0.854. The Hall–Kier alpha value is -1.58. The number of hydrogen-bond acceptors (Lipinski definition) is 3. The molecule has 50 valence electrons. The fraction of sp³-hybridized carbons (Fsp3) is 0. The van der Waals surface area contributed by atoms with E-state index < -0.39 is 0 Å². The van der Waals surface area contributed by atoms with E-state index in [1.165, 1.54) is 6.39 Å². The maximum atomic E-state index is 5.00. The number of nitrogens with one attached hydrogen (secondary N) is 1. The van der Waals surface area contributed by atoms with Gasteiger partial charge in [-0.05, 0) is 6.72 Å². The normalized spacial score (nSPS) is 10.4. The van der Waals surface area contributed by atoms with Crippen molar-refractivity contribution in [3.8, 4) is 0 Å². The zero-order chi connectivity index (χ0) is 6.97. The molecule has 0 atom stereocenters. The predicted octanol–water partition coefficient (Wildman–Crippen LogP) is 1.49. The van der Waals surface area contributed by atoms with Gasteiger partial charge in [-0.3, -0.25) is 0 Å². The molecule has 0 aliphatic heterocycles. The summed E-state index contributed by atoms with van der Waals surface area (Å²) in [7, 11) is 0. The third-order valence-electron chi connectivity index (χ3n) is 1.31. The number of fused-ring (bicyclic) bond motifs is 1. The molecule has 10 heavy (non-hydrogen) atoms. The van der Waals surface area contributed by atoms with Crippen molar-refractivity contribution in [1.82, 2.24) is 9.97 Å². The minimum Gasteiger partial charge on any atom is -0.439 e. The predicted molar refractivity (Wildman–Crippen MR) is 37.6 cm³/mol. The summed E-state index contributed by atoms with van der Waals surface area (Å²) < 4.78 is 5.00. The molecule has 2 heterocycles. The largest absolute Gasteiger partial charge is 0.439 e. The van der Waals surface area contributed by atoms with E-state index in [9.17, 15) is 0 Å². The molecule has 0 amide bonds. The zero-order valence-corrected chi connectivity index (χ0v) is 5.16. The van der Waals surface area contributed by atoms with E-state index in [1.807, 2.05) is 0 Å². The highest BCUT2D eigenvalue weighted by Gasteiger charge is 2.03. The van der Waals surface area contributed by atoms with E-state index in [1.54, 1.807) is 6.20 Å². The molecule has 0 unspecified atom stereocenters. The van der Waals surface area contributed by atoms with Crippen molar-refractivity contribution >= 4 is 23.6 Å². The van der Waals surface area contributed by atoms with Crippen LogP contribution >= 0.6 is 0 Å². The van der Waals surface area contributed by atoms with Crippen LogP contribution in [0.1, 0.15) is 0 Å². The second-order valence-corrected chi connectivity index (χ2v) is 1.86. The summed E-state index contributed by atoms with van der Waals surface area (Å²) >= 11 is 0. The number of hydrogen-bond donors (Lipinski definition) is 1. The molecular formula is C6H5N3O. The molecule has 0 aromatic carbocycles. The van der Waals surface area contributed by atoms with Gasteiger partial charge < -0.3 is 9.40 Å². The lowest BCUT2D eigenvalue weighted by atomic mass is 10.5. The van der Waals surface area contributed by atoms with E-state index in [-0.39, 0.29) is 0 Å². The van der Waals surface area contributed by atoms with Crippen LogP contribution in [0.25, 0.3) is 11.1 Å². The molecule has 0 bridgehead atoms. The standard InChI is InChI=1S/C6H5N3O/c1-7-6-5-4(2-8-6)9-3-10-5/h2-3,8H,1H2. The van der Waals surface area contributed by atoms with Crippen LogP contribution in [0.15, 0.2) is 22.0 Å². The van der Waals surface area contributed by atoms with Crippen molar-refractivity contribution < 1.29 is 4.42 Å². The Kier molecular flexibility index (Phi) is 0.887. The summed E-state index contributed by atoms with van der Waals surface area (Å²) in [5.41, 5.74) is 1.44. The first-order chi connectivity index (χ1) is 4.92. The van der Waals surface area contributed by atoms with Crippen LogP contribution in [0.2, 0.25) is 0 Å². The Morgan fingerprint density at radius 2 is 2.60 bits per heavy atom. The third kappa shape index (κ3) is 0.500. The van der Waals surface area contributed by atoms with Crippen LogP contribution in [0, 0.1) is 0 Å².